The Kier molecular flexibility index (Phi) is 6.62. The Labute approximate surface area is 182 Å². The second kappa shape index (κ2) is 9.94. The Balaban J connectivity index is 1.38. The van der Waals surface area contributed by atoms with E-state index >= 15 is 0 Å². The molecule has 1 heterocycles. The van der Waals surface area contributed by atoms with Gasteiger partial charge in [-0.15, -0.1) is 0 Å². The monoisotopic (exact) mass is 413 g/mol. The summed E-state index contributed by atoms with van der Waals surface area (Å²) in [6.07, 6.45) is 1.55. The molecular weight excluding hydrogens is 386 g/mol. The normalized spacial score (nSPS) is 10.9. The number of imidazole rings is 1. The van der Waals surface area contributed by atoms with Crippen molar-refractivity contribution in [2.45, 2.75) is 26.3 Å². The van der Waals surface area contributed by atoms with E-state index in [0.29, 0.717) is 25.1 Å². The number of carbonyl (C=O) groups excluding carboxylic acids is 1. The summed E-state index contributed by atoms with van der Waals surface area (Å²) in [6.45, 7) is 3.98. The summed E-state index contributed by atoms with van der Waals surface area (Å²) in [5, 5.41) is 3.02. The molecule has 5 nitrogen and oxygen atoms in total. The number of hydrogen-bond acceptors (Lipinski definition) is 3. The Hall–Kier alpha value is -3.60. The molecule has 0 atom stereocenters. The third kappa shape index (κ3) is 5.31. The molecule has 0 spiro atoms. The van der Waals surface area contributed by atoms with Crippen LogP contribution < -0.4 is 10.1 Å². The maximum atomic E-state index is 12.4. The zero-order valence-electron chi connectivity index (χ0n) is 17.8. The molecule has 4 rings (SSSR count). The van der Waals surface area contributed by atoms with Crippen molar-refractivity contribution in [3.8, 4) is 5.75 Å². The first-order valence-corrected chi connectivity index (χ1v) is 10.7. The molecule has 0 fully saturated rings. The number of fused-ring (bicyclic) bond motifs is 1. The number of nitrogens with one attached hydrogen (secondary N) is 1. The predicted octanol–water partition coefficient (Wildman–Crippen LogP) is 4.79. The first-order valence-electron chi connectivity index (χ1n) is 10.7. The highest BCUT2D eigenvalue weighted by Gasteiger charge is 2.11. The number of benzene rings is 3. The van der Waals surface area contributed by atoms with Gasteiger partial charge in [0.25, 0.3) is 5.91 Å². The molecule has 1 aromatic heterocycles. The first kappa shape index (κ1) is 20.7. The lowest BCUT2D eigenvalue weighted by atomic mass is 10.1. The van der Waals surface area contributed by atoms with Crippen LogP contribution in [0.3, 0.4) is 0 Å². The fourth-order valence-electron chi connectivity index (χ4n) is 3.67. The van der Waals surface area contributed by atoms with E-state index in [2.05, 4.69) is 16.0 Å². The molecule has 0 unspecified atom stereocenters. The van der Waals surface area contributed by atoms with Gasteiger partial charge >= 0.3 is 0 Å². The number of carbonyl (C=O) groups is 1. The molecule has 0 saturated heterocycles. The van der Waals surface area contributed by atoms with Crippen LogP contribution in [0.1, 0.15) is 28.2 Å². The van der Waals surface area contributed by atoms with Gasteiger partial charge in [-0.2, -0.15) is 0 Å². The van der Waals surface area contributed by atoms with Crippen LogP contribution in [-0.4, -0.2) is 28.6 Å². The largest absolute Gasteiger partial charge is 0.494 e. The average Bonchev–Trinajstić information content (AvgIpc) is 3.14. The number of nitrogens with zero attached hydrogens (tertiary/aromatic N) is 2. The van der Waals surface area contributed by atoms with Crippen molar-refractivity contribution in [2.75, 3.05) is 13.2 Å². The van der Waals surface area contributed by atoms with Gasteiger partial charge in [-0.1, -0.05) is 48.0 Å². The van der Waals surface area contributed by atoms with Gasteiger partial charge in [0.15, 0.2) is 0 Å². The maximum Gasteiger partial charge on any atom is 0.251 e. The number of rotatable bonds is 9. The summed E-state index contributed by atoms with van der Waals surface area (Å²) in [6, 6.07) is 25.6. The first-order chi connectivity index (χ1) is 15.2. The predicted molar refractivity (Wildman–Crippen MR) is 124 cm³/mol. The summed E-state index contributed by atoms with van der Waals surface area (Å²) in [5.74, 6) is 1.81. The summed E-state index contributed by atoms with van der Waals surface area (Å²) >= 11 is 0. The van der Waals surface area contributed by atoms with Crippen LogP contribution in [0.5, 0.6) is 5.75 Å². The lowest BCUT2D eigenvalue weighted by Gasteiger charge is -2.11. The number of para-hydroxylation sites is 3. The van der Waals surface area contributed by atoms with Crippen molar-refractivity contribution in [1.29, 1.82) is 0 Å². The van der Waals surface area contributed by atoms with Gasteiger partial charge in [-0.05, 0) is 49.7 Å². The number of hydrogen-bond donors (Lipinski definition) is 1. The van der Waals surface area contributed by atoms with Gasteiger partial charge in [0.1, 0.15) is 11.6 Å². The molecule has 4 aromatic rings. The van der Waals surface area contributed by atoms with Crippen LogP contribution in [0.2, 0.25) is 0 Å². The number of amides is 1. The van der Waals surface area contributed by atoms with Gasteiger partial charge in [-0.3, -0.25) is 4.79 Å². The fourth-order valence-corrected chi connectivity index (χ4v) is 3.67. The van der Waals surface area contributed by atoms with Crippen LogP contribution in [0.15, 0.2) is 78.9 Å². The molecule has 3 aromatic carbocycles. The quantitative estimate of drug-likeness (QED) is 0.402. The average molecular weight is 414 g/mol. The molecule has 31 heavy (non-hydrogen) atoms. The van der Waals surface area contributed by atoms with Crippen LogP contribution in [0.25, 0.3) is 11.0 Å². The topological polar surface area (TPSA) is 56.2 Å². The zero-order valence-corrected chi connectivity index (χ0v) is 17.8. The molecule has 0 radical (unpaired) electrons. The van der Waals surface area contributed by atoms with Gasteiger partial charge in [-0.25, -0.2) is 4.98 Å². The molecular formula is C26H27N3O2. The van der Waals surface area contributed by atoms with Crippen molar-refractivity contribution < 1.29 is 9.53 Å². The summed E-state index contributed by atoms with van der Waals surface area (Å²) in [7, 11) is 0. The van der Waals surface area contributed by atoms with E-state index in [4.69, 9.17) is 9.72 Å². The molecule has 1 N–H and O–H groups in total. The Morgan fingerprint density at radius 1 is 1.00 bits per heavy atom. The third-order valence-electron chi connectivity index (χ3n) is 5.19. The number of aromatic nitrogens is 2. The van der Waals surface area contributed by atoms with Crippen LogP contribution in [0.4, 0.5) is 0 Å². The minimum atomic E-state index is -0.0531. The second-order valence-electron chi connectivity index (χ2n) is 7.56. The van der Waals surface area contributed by atoms with Gasteiger partial charge in [0.2, 0.25) is 0 Å². The summed E-state index contributed by atoms with van der Waals surface area (Å²) in [5.41, 5.74) is 3.85. The van der Waals surface area contributed by atoms with Gasteiger partial charge in [0, 0.05) is 25.1 Å². The van der Waals surface area contributed by atoms with Crippen molar-refractivity contribution in [3.63, 3.8) is 0 Å². The molecule has 1 amide bonds. The lowest BCUT2D eigenvalue weighted by Crippen LogP contribution is -2.26. The SMILES string of the molecule is Cc1cccc(C(=O)NCCc2nc3ccccc3n2CCCOc2ccccc2)c1. The van der Waals surface area contributed by atoms with E-state index in [1.165, 1.54) is 0 Å². The smallest absolute Gasteiger partial charge is 0.251 e. The van der Waals surface area contributed by atoms with E-state index in [0.717, 1.165) is 41.1 Å². The fraction of sp³-hybridized carbons (Fsp3) is 0.231. The van der Waals surface area contributed by atoms with E-state index in [-0.39, 0.29) is 5.91 Å². The molecule has 0 bridgehead atoms. The number of aryl methyl sites for hydroxylation is 2. The van der Waals surface area contributed by atoms with E-state index in [1.54, 1.807) is 0 Å². The van der Waals surface area contributed by atoms with Crippen molar-refractivity contribution in [3.05, 3.63) is 95.8 Å². The Bertz CT molecular complexity index is 1150. The molecule has 0 aliphatic heterocycles. The highest BCUT2D eigenvalue weighted by Crippen LogP contribution is 2.17. The maximum absolute atomic E-state index is 12.4. The van der Waals surface area contributed by atoms with E-state index < -0.39 is 0 Å². The van der Waals surface area contributed by atoms with Crippen molar-refractivity contribution in [2.24, 2.45) is 0 Å². The molecule has 0 aliphatic rings. The van der Waals surface area contributed by atoms with E-state index in [9.17, 15) is 4.79 Å². The number of ether oxygens (including phenoxy) is 1. The molecule has 5 heteroatoms. The zero-order chi connectivity index (χ0) is 21.5. The van der Waals surface area contributed by atoms with Crippen LogP contribution >= 0.6 is 0 Å². The lowest BCUT2D eigenvalue weighted by molar-refractivity contribution is 0.0954. The van der Waals surface area contributed by atoms with Crippen molar-refractivity contribution >= 4 is 16.9 Å². The standard InChI is InChI=1S/C26H27N3O2/c1-20-9-7-10-21(19-20)26(30)27-16-15-25-28-23-13-5-6-14-24(23)29(25)17-8-18-31-22-11-3-2-4-12-22/h2-7,9-14,19H,8,15-18H2,1H3,(H,27,30). The second-order valence-corrected chi connectivity index (χ2v) is 7.56. The Morgan fingerprint density at radius 2 is 1.81 bits per heavy atom. The van der Waals surface area contributed by atoms with Crippen LogP contribution in [-0.2, 0) is 13.0 Å². The summed E-state index contributed by atoms with van der Waals surface area (Å²) in [4.78, 5) is 17.2. The van der Waals surface area contributed by atoms with E-state index in [1.807, 2.05) is 79.7 Å². The Morgan fingerprint density at radius 3 is 2.65 bits per heavy atom. The van der Waals surface area contributed by atoms with Gasteiger partial charge in [0.05, 0.1) is 17.6 Å². The molecule has 0 saturated carbocycles. The molecule has 158 valence electrons. The highest BCUT2D eigenvalue weighted by molar-refractivity contribution is 5.94. The minimum Gasteiger partial charge on any atom is -0.494 e. The van der Waals surface area contributed by atoms with Crippen molar-refractivity contribution in [1.82, 2.24) is 14.9 Å². The van der Waals surface area contributed by atoms with Gasteiger partial charge < -0.3 is 14.6 Å². The highest BCUT2D eigenvalue weighted by atomic mass is 16.5. The van der Waals surface area contributed by atoms with Crippen LogP contribution in [0, 0.1) is 6.92 Å². The minimum absolute atomic E-state index is 0.0531. The summed E-state index contributed by atoms with van der Waals surface area (Å²) < 4.78 is 8.08. The third-order valence-corrected chi connectivity index (χ3v) is 5.19. The molecule has 0 aliphatic carbocycles.